The van der Waals surface area contributed by atoms with Crippen LogP contribution in [0.15, 0.2) is 42.5 Å². The molecule has 1 atom stereocenters. The van der Waals surface area contributed by atoms with Gasteiger partial charge in [-0.05, 0) is 26.0 Å². The van der Waals surface area contributed by atoms with Crippen LogP contribution in [-0.4, -0.2) is 12.6 Å². The van der Waals surface area contributed by atoms with Crippen molar-refractivity contribution in [3.63, 3.8) is 0 Å². The van der Waals surface area contributed by atoms with E-state index >= 15 is 0 Å². The molecular formula is C14H12Cl2LiO2P. The Bertz CT molecular complexity index is 611. The molecule has 0 saturated carbocycles. The van der Waals surface area contributed by atoms with Crippen LogP contribution in [0.1, 0.15) is 11.8 Å². The average Bonchev–Trinajstić information content (AvgIpc) is 2.42. The quantitative estimate of drug-likeness (QED) is 0.626. The minimum atomic E-state index is -0.0875. The first-order valence-electron chi connectivity index (χ1n) is 5.52. The maximum absolute atomic E-state index is 12.4. The van der Waals surface area contributed by atoms with Gasteiger partial charge in [-0.1, -0.05) is 53.5 Å². The van der Waals surface area contributed by atoms with Crippen LogP contribution < -0.4 is 28.9 Å². The van der Waals surface area contributed by atoms with Gasteiger partial charge in [0.15, 0.2) is 5.52 Å². The molecule has 1 unspecified atom stereocenters. The number of carbonyl (C=O) groups excluding carboxylic acids is 1. The number of ether oxygens (including phenoxy) is 1. The average molecular weight is 321 g/mol. The molecule has 0 fully saturated rings. The molecule has 0 heterocycles. The van der Waals surface area contributed by atoms with E-state index in [1.54, 1.807) is 12.1 Å². The fourth-order valence-corrected chi connectivity index (χ4v) is 3.20. The third-order valence-electron chi connectivity index (χ3n) is 2.52. The predicted molar refractivity (Wildman–Crippen MR) is 82.8 cm³/mol. The molecule has 2 aromatic carbocycles. The van der Waals surface area contributed by atoms with Gasteiger partial charge in [-0.3, -0.25) is 4.79 Å². The third-order valence-corrected chi connectivity index (χ3v) is 4.23. The van der Waals surface area contributed by atoms with Crippen molar-refractivity contribution in [3.05, 3.63) is 58.1 Å². The van der Waals surface area contributed by atoms with Crippen LogP contribution in [0, 0.1) is 0 Å². The Morgan fingerprint density at radius 3 is 2.30 bits per heavy atom. The molecule has 0 amide bonds. The van der Waals surface area contributed by atoms with Gasteiger partial charge in [-0.25, -0.2) is 0 Å². The number of hydrogen-bond acceptors (Lipinski definition) is 2. The molecule has 0 spiro atoms. The van der Waals surface area contributed by atoms with Crippen molar-refractivity contribution >= 4 is 42.6 Å². The second-order valence-corrected chi connectivity index (χ2v) is 5.85. The molecule has 0 saturated heterocycles. The maximum atomic E-state index is 12.4. The molecular weight excluding hydrogens is 309 g/mol. The molecule has 100 valence electrons. The number of hydrogen-bond donors (Lipinski definition) is 0. The van der Waals surface area contributed by atoms with E-state index in [9.17, 15) is 4.79 Å². The summed E-state index contributed by atoms with van der Waals surface area (Å²) in [5.74, 6) is 0.336. The van der Waals surface area contributed by atoms with Gasteiger partial charge in [0.25, 0.3) is 0 Å². The monoisotopic (exact) mass is 320 g/mol. The van der Waals surface area contributed by atoms with Crippen LogP contribution >= 0.6 is 31.8 Å². The Balaban J connectivity index is 0.00000200. The second kappa shape index (κ2) is 8.08. The molecule has 0 bridgehead atoms. The molecule has 0 aliphatic carbocycles. The number of halogens is 2. The number of methoxy groups -OCH3 is 1. The summed E-state index contributed by atoms with van der Waals surface area (Å²) in [4.78, 5) is 12.4. The second-order valence-electron chi connectivity index (χ2n) is 3.76. The van der Waals surface area contributed by atoms with Gasteiger partial charge in [0.2, 0.25) is 0 Å². The summed E-state index contributed by atoms with van der Waals surface area (Å²) < 4.78 is 5.18. The van der Waals surface area contributed by atoms with E-state index in [1.165, 1.54) is 7.11 Å². The normalized spacial score (nSPS) is 10.3. The predicted octanol–water partition coefficient (Wildman–Crippen LogP) is 1.26. The van der Waals surface area contributed by atoms with E-state index in [-0.39, 0.29) is 34.4 Å². The van der Waals surface area contributed by atoms with E-state index < -0.39 is 0 Å². The van der Waals surface area contributed by atoms with Crippen molar-refractivity contribution in [1.82, 2.24) is 0 Å². The largest absolute Gasteiger partial charge is 1.00 e. The summed E-state index contributed by atoms with van der Waals surface area (Å²) >= 11 is 12.1. The summed E-state index contributed by atoms with van der Waals surface area (Å²) in [7, 11) is 1.46. The smallest absolute Gasteiger partial charge is 1.00 e. The van der Waals surface area contributed by atoms with Crippen LogP contribution in [0.3, 0.4) is 0 Å². The maximum Gasteiger partial charge on any atom is 1.00 e. The van der Waals surface area contributed by atoms with Crippen molar-refractivity contribution in [2.24, 2.45) is 0 Å². The molecule has 2 nitrogen and oxygen atoms in total. The van der Waals surface area contributed by atoms with Crippen LogP contribution in [0.4, 0.5) is 0 Å². The van der Waals surface area contributed by atoms with E-state index in [1.807, 2.05) is 30.3 Å². The van der Waals surface area contributed by atoms with E-state index in [0.29, 0.717) is 21.4 Å². The Morgan fingerprint density at radius 1 is 1.10 bits per heavy atom. The first kappa shape index (κ1) is 17.6. The summed E-state index contributed by atoms with van der Waals surface area (Å²) in [5.41, 5.74) is 0.259. The van der Waals surface area contributed by atoms with Crippen molar-refractivity contribution in [2.75, 3.05) is 7.11 Å². The summed E-state index contributed by atoms with van der Waals surface area (Å²) in [5, 5.41) is 1.69. The molecule has 2 aromatic rings. The van der Waals surface area contributed by atoms with Gasteiger partial charge in [-0.2, -0.15) is 0 Å². The van der Waals surface area contributed by atoms with E-state index in [2.05, 4.69) is 0 Å². The molecule has 20 heavy (non-hydrogen) atoms. The zero-order valence-corrected chi connectivity index (χ0v) is 13.6. The molecule has 2 rings (SSSR count). The molecule has 0 aromatic heterocycles. The Hall–Kier alpha value is -0.483. The van der Waals surface area contributed by atoms with Crippen LogP contribution in [0.25, 0.3) is 0 Å². The van der Waals surface area contributed by atoms with Crippen LogP contribution in [0.5, 0.6) is 5.75 Å². The Morgan fingerprint density at radius 2 is 1.70 bits per heavy atom. The molecule has 0 radical (unpaired) electrons. The number of rotatable bonds is 4. The van der Waals surface area contributed by atoms with Crippen molar-refractivity contribution in [1.29, 1.82) is 0 Å². The van der Waals surface area contributed by atoms with Crippen LogP contribution in [0.2, 0.25) is 10.0 Å². The van der Waals surface area contributed by atoms with Crippen molar-refractivity contribution in [2.45, 2.75) is 0 Å². The summed E-state index contributed by atoms with van der Waals surface area (Å²) in [6.07, 6.45) is 0. The van der Waals surface area contributed by atoms with Gasteiger partial charge in [0.1, 0.15) is 5.75 Å². The fraction of sp³-hybridized carbons (Fsp3) is 0.0714. The zero-order valence-electron chi connectivity index (χ0n) is 12.1. The first-order valence-corrected chi connectivity index (χ1v) is 7.27. The molecule has 0 N–H and O–H groups in total. The van der Waals surface area contributed by atoms with Gasteiger partial charge in [0.05, 0.1) is 22.7 Å². The minimum absolute atomic E-state index is 0. The molecule has 0 aliphatic rings. The number of benzene rings is 2. The number of carbonyl (C=O) groups is 1. The fourth-order valence-electron chi connectivity index (χ4n) is 1.66. The van der Waals surface area contributed by atoms with E-state index in [4.69, 9.17) is 27.9 Å². The van der Waals surface area contributed by atoms with Crippen molar-refractivity contribution < 1.29 is 29.8 Å². The Kier molecular flexibility index (Phi) is 7.10. The Labute approximate surface area is 143 Å². The minimum Gasteiger partial charge on any atom is -1.00 e. The summed E-state index contributed by atoms with van der Waals surface area (Å²) in [6.45, 7) is 0. The zero-order chi connectivity index (χ0) is 13.8. The summed E-state index contributed by atoms with van der Waals surface area (Å²) in [6, 6.07) is 12.7. The SMILES string of the molecule is COc1c(Cl)ccc(Cl)c1C(=O)Pc1ccccc1.[H-].[Li+]. The third kappa shape index (κ3) is 4.01. The topological polar surface area (TPSA) is 26.3 Å². The van der Waals surface area contributed by atoms with E-state index in [0.717, 1.165) is 5.30 Å². The van der Waals surface area contributed by atoms with Crippen LogP contribution in [-0.2, 0) is 0 Å². The van der Waals surface area contributed by atoms with Gasteiger partial charge in [0, 0.05) is 0 Å². The van der Waals surface area contributed by atoms with Crippen molar-refractivity contribution in [3.8, 4) is 5.75 Å². The standard InChI is InChI=1S/C14H11Cl2O2P.Li.H/c1-18-13-11(16)8-7-10(15)12(13)14(17)19-9-5-3-2-4-6-9;;/h2-8,19H,1H3;;/q;+1;-1. The van der Waals surface area contributed by atoms with Gasteiger partial charge in [-0.15, -0.1) is 0 Å². The molecule has 0 aliphatic heterocycles. The molecule has 6 heteroatoms. The van der Waals surface area contributed by atoms with Gasteiger partial charge >= 0.3 is 18.9 Å². The van der Waals surface area contributed by atoms with Gasteiger partial charge < -0.3 is 6.16 Å². The first-order chi connectivity index (χ1) is 9.13.